The van der Waals surface area contributed by atoms with Gasteiger partial charge in [-0.2, -0.15) is 0 Å². The first-order valence-electron chi connectivity index (χ1n) is 5.54. The number of hydrogen-bond acceptors (Lipinski definition) is 4. The van der Waals surface area contributed by atoms with Crippen LogP contribution in [0.4, 0.5) is 0 Å². The summed E-state index contributed by atoms with van der Waals surface area (Å²) < 4.78 is 0. The third-order valence-electron chi connectivity index (χ3n) is 3.00. The normalized spacial score (nSPS) is 28.2. The van der Waals surface area contributed by atoms with Crippen molar-refractivity contribution in [3.8, 4) is 0 Å². The predicted octanol–water partition coefficient (Wildman–Crippen LogP) is 1.63. The van der Waals surface area contributed by atoms with E-state index in [0.717, 1.165) is 25.3 Å². The molecule has 0 bridgehead atoms. The predicted molar refractivity (Wildman–Crippen MR) is 64.2 cm³/mol. The Morgan fingerprint density at radius 2 is 2.13 bits per heavy atom. The summed E-state index contributed by atoms with van der Waals surface area (Å²) in [6.07, 6.45) is 0. The topological polar surface area (TPSA) is 28.2 Å². The fraction of sp³-hybridized carbons (Fsp3) is 0.727. The molecule has 2 atom stereocenters. The standard InChI is InChI=1S/C11H19N3S/c1-8-7-15-11(13-8)6-14-9(2)4-12-5-10(14)3/h7,9-10,12H,4-6H2,1-3H3. The van der Waals surface area contributed by atoms with Crippen molar-refractivity contribution in [2.24, 2.45) is 0 Å². The fourth-order valence-corrected chi connectivity index (χ4v) is 2.89. The van der Waals surface area contributed by atoms with Gasteiger partial charge in [-0.25, -0.2) is 4.98 Å². The van der Waals surface area contributed by atoms with Gasteiger partial charge in [0.1, 0.15) is 5.01 Å². The van der Waals surface area contributed by atoms with E-state index < -0.39 is 0 Å². The van der Waals surface area contributed by atoms with Crippen molar-refractivity contribution in [3.05, 3.63) is 16.1 Å². The summed E-state index contributed by atoms with van der Waals surface area (Å²) in [5.41, 5.74) is 1.14. The molecule has 2 rings (SSSR count). The van der Waals surface area contributed by atoms with Gasteiger partial charge in [0, 0.05) is 36.2 Å². The van der Waals surface area contributed by atoms with Crippen LogP contribution in [0.25, 0.3) is 0 Å². The minimum Gasteiger partial charge on any atom is -0.314 e. The summed E-state index contributed by atoms with van der Waals surface area (Å²) in [6.45, 7) is 9.81. The molecule has 1 aromatic heterocycles. The van der Waals surface area contributed by atoms with Gasteiger partial charge < -0.3 is 5.32 Å². The molecule has 1 fully saturated rings. The van der Waals surface area contributed by atoms with Crippen LogP contribution in [0.5, 0.6) is 0 Å². The van der Waals surface area contributed by atoms with Crippen molar-refractivity contribution in [2.45, 2.75) is 39.4 Å². The average molecular weight is 225 g/mol. The Morgan fingerprint density at radius 3 is 2.67 bits per heavy atom. The molecule has 1 aliphatic rings. The first-order valence-corrected chi connectivity index (χ1v) is 6.42. The van der Waals surface area contributed by atoms with Crippen molar-refractivity contribution in [3.63, 3.8) is 0 Å². The maximum atomic E-state index is 4.53. The van der Waals surface area contributed by atoms with Gasteiger partial charge in [-0.1, -0.05) is 0 Å². The monoisotopic (exact) mass is 225 g/mol. The molecular weight excluding hydrogens is 206 g/mol. The number of nitrogens with zero attached hydrogens (tertiary/aromatic N) is 2. The van der Waals surface area contributed by atoms with Crippen LogP contribution in [-0.4, -0.2) is 35.1 Å². The Balaban J connectivity index is 2.03. The van der Waals surface area contributed by atoms with Crippen LogP contribution in [0.2, 0.25) is 0 Å². The number of rotatable bonds is 2. The fourth-order valence-electron chi connectivity index (χ4n) is 2.11. The average Bonchev–Trinajstić information content (AvgIpc) is 2.58. The third kappa shape index (κ3) is 2.56. The number of thiazole rings is 1. The molecule has 2 unspecified atom stereocenters. The molecule has 1 aliphatic heterocycles. The number of aryl methyl sites for hydroxylation is 1. The Bertz CT molecular complexity index is 313. The zero-order valence-corrected chi connectivity index (χ0v) is 10.5. The van der Waals surface area contributed by atoms with Gasteiger partial charge in [0.05, 0.1) is 6.54 Å². The van der Waals surface area contributed by atoms with Crippen molar-refractivity contribution >= 4 is 11.3 Å². The van der Waals surface area contributed by atoms with Crippen LogP contribution >= 0.6 is 11.3 Å². The molecular formula is C11H19N3S. The van der Waals surface area contributed by atoms with Crippen molar-refractivity contribution in [2.75, 3.05) is 13.1 Å². The highest BCUT2D eigenvalue weighted by atomic mass is 32.1. The summed E-state index contributed by atoms with van der Waals surface area (Å²) in [5, 5.41) is 6.82. The van der Waals surface area contributed by atoms with Crippen molar-refractivity contribution in [1.82, 2.24) is 15.2 Å². The second kappa shape index (κ2) is 4.60. The van der Waals surface area contributed by atoms with E-state index >= 15 is 0 Å². The minimum absolute atomic E-state index is 0.609. The molecule has 1 N–H and O–H groups in total. The minimum atomic E-state index is 0.609. The molecule has 0 saturated carbocycles. The molecule has 4 heteroatoms. The number of aromatic nitrogens is 1. The Kier molecular flexibility index (Phi) is 3.38. The Morgan fingerprint density at radius 1 is 1.47 bits per heavy atom. The zero-order valence-electron chi connectivity index (χ0n) is 9.66. The second-order valence-corrected chi connectivity index (χ2v) is 5.35. The smallest absolute Gasteiger partial charge is 0.107 e. The van der Waals surface area contributed by atoms with Gasteiger partial charge in [0.15, 0.2) is 0 Å². The lowest BCUT2D eigenvalue weighted by Gasteiger charge is -2.38. The highest BCUT2D eigenvalue weighted by Crippen LogP contribution is 2.17. The summed E-state index contributed by atoms with van der Waals surface area (Å²) >= 11 is 1.77. The molecule has 0 spiro atoms. The summed E-state index contributed by atoms with van der Waals surface area (Å²) in [5.74, 6) is 0. The van der Waals surface area contributed by atoms with E-state index in [9.17, 15) is 0 Å². The first kappa shape index (κ1) is 11.0. The molecule has 0 aromatic carbocycles. The lowest BCUT2D eigenvalue weighted by Crippen LogP contribution is -2.54. The van der Waals surface area contributed by atoms with Gasteiger partial charge in [0.2, 0.25) is 0 Å². The Labute approximate surface area is 95.5 Å². The van der Waals surface area contributed by atoms with E-state index in [0.29, 0.717) is 12.1 Å². The van der Waals surface area contributed by atoms with Gasteiger partial charge in [-0.3, -0.25) is 4.90 Å². The lowest BCUT2D eigenvalue weighted by molar-refractivity contribution is 0.108. The number of nitrogens with one attached hydrogen (secondary N) is 1. The van der Waals surface area contributed by atoms with Crippen LogP contribution in [0.1, 0.15) is 24.5 Å². The van der Waals surface area contributed by atoms with E-state index in [1.54, 1.807) is 11.3 Å². The zero-order chi connectivity index (χ0) is 10.8. The van der Waals surface area contributed by atoms with Crippen LogP contribution in [0.3, 0.4) is 0 Å². The quantitative estimate of drug-likeness (QED) is 0.829. The molecule has 0 aliphatic carbocycles. The maximum Gasteiger partial charge on any atom is 0.107 e. The van der Waals surface area contributed by atoms with Crippen LogP contribution in [-0.2, 0) is 6.54 Å². The number of hydrogen-bond donors (Lipinski definition) is 1. The van der Waals surface area contributed by atoms with Crippen molar-refractivity contribution in [1.29, 1.82) is 0 Å². The molecule has 84 valence electrons. The van der Waals surface area contributed by atoms with Crippen LogP contribution < -0.4 is 5.32 Å². The van der Waals surface area contributed by atoms with Crippen LogP contribution in [0.15, 0.2) is 5.38 Å². The van der Waals surface area contributed by atoms with Gasteiger partial charge in [0.25, 0.3) is 0 Å². The van der Waals surface area contributed by atoms with Gasteiger partial charge in [-0.05, 0) is 20.8 Å². The molecule has 0 amide bonds. The second-order valence-electron chi connectivity index (χ2n) is 4.41. The molecule has 15 heavy (non-hydrogen) atoms. The molecule has 1 aromatic rings. The van der Waals surface area contributed by atoms with E-state index in [4.69, 9.17) is 0 Å². The van der Waals surface area contributed by atoms with Crippen LogP contribution in [0, 0.1) is 6.92 Å². The third-order valence-corrected chi connectivity index (χ3v) is 3.95. The van der Waals surface area contributed by atoms with E-state index in [-0.39, 0.29) is 0 Å². The number of piperazine rings is 1. The summed E-state index contributed by atoms with van der Waals surface area (Å²) in [6, 6.07) is 1.22. The highest BCUT2D eigenvalue weighted by molar-refractivity contribution is 7.09. The van der Waals surface area contributed by atoms with E-state index in [1.807, 2.05) is 0 Å². The molecule has 1 saturated heterocycles. The summed E-state index contributed by atoms with van der Waals surface area (Å²) in [7, 11) is 0. The maximum absolute atomic E-state index is 4.53. The van der Waals surface area contributed by atoms with Crippen molar-refractivity contribution < 1.29 is 0 Å². The van der Waals surface area contributed by atoms with Gasteiger partial charge in [-0.15, -0.1) is 11.3 Å². The largest absolute Gasteiger partial charge is 0.314 e. The summed E-state index contributed by atoms with van der Waals surface area (Å²) in [4.78, 5) is 7.07. The lowest BCUT2D eigenvalue weighted by atomic mass is 10.1. The van der Waals surface area contributed by atoms with E-state index in [2.05, 4.69) is 41.4 Å². The Hall–Kier alpha value is -0.450. The SMILES string of the molecule is Cc1csc(CN2C(C)CNCC2C)n1. The first-order chi connectivity index (χ1) is 7.16. The van der Waals surface area contributed by atoms with Gasteiger partial charge >= 0.3 is 0 Å². The highest BCUT2D eigenvalue weighted by Gasteiger charge is 2.24. The molecule has 2 heterocycles. The van der Waals surface area contributed by atoms with E-state index in [1.165, 1.54) is 5.01 Å². The molecule has 3 nitrogen and oxygen atoms in total. The molecule has 0 radical (unpaired) electrons.